The van der Waals surface area contributed by atoms with Crippen LogP contribution in [0, 0.1) is 6.92 Å². The molecule has 134 valence electrons. The van der Waals surface area contributed by atoms with Gasteiger partial charge in [-0.25, -0.2) is 0 Å². The van der Waals surface area contributed by atoms with E-state index in [9.17, 15) is 4.79 Å². The predicted octanol–water partition coefficient (Wildman–Crippen LogP) is 3.83. The molecule has 1 aliphatic carbocycles. The van der Waals surface area contributed by atoms with E-state index in [1.54, 1.807) is 6.07 Å². The van der Waals surface area contributed by atoms with Crippen molar-refractivity contribution in [3.63, 3.8) is 0 Å². The molecule has 0 heterocycles. The molecule has 0 spiro atoms. The molecule has 1 aromatic carbocycles. The van der Waals surface area contributed by atoms with Crippen molar-refractivity contribution in [1.29, 1.82) is 0 Å². The van der Waals surface area contributed by atoms with Crippen molar-refractivity contribution in [2.24, 2.45) is 10.7 Å². The first-order chi connectivity index (χ1) is 11.0. The van der Waals surface area contributed by atoms with Gasteiger partial charge in [0.1, 0.15) is 0 Å². The van der Waals surface area contributed by atoms with Crippen LogP contribution in [0.25, 0.3) is 0 Å². The molecule has 2 rings (SSSR count). The second-order valence-corrected chi connectivity index (χ2v) is 6.43. The molecule has 1 saturated carbocycles. The molecule has 0 aliphatic heterocycles. The van der Waals surface area contributed by atoms with Crippen LogP contribution < -0.4 is 16.4 Å². The lowest BCUT2D eigenvalue weighted by molar-refractivity contribution is -0.116. The summed E-state index contributed by atoms with van der Waals surface area (Å²) in [5.41, 5.74) is 7.55. The first kappa shape index (κ1) is 21.0. The number of nitrogens with zero attached hydrogens (tertiary/aromatic N) is 1. The number of anilines is 1. The Morgan fingerprint density at radius 2 is 2.04 bits per heavy atom. The molecular weight excluding hydrogens is 439 g/mol. The Hall–Kier alpha value is -1.02. The van der Waals surface area contributed by atoms with Gasteiger partial charge in [-0.15, -0.1) is 24.0 Å². The largest absolute Gasteiger partial charge is 0.370 e. The molecule has 4 N–H and O–H groups in total. The Balaban J connectivity index is 0.00000288. The van der Waals surface area contributed by atoms with Crippen LogP contribution in [0.2, 0.25) is 5.02 Å². The molecule has 5 nitrogen and oxygen atoms in total. The van der Waals surface area contributed by atoms with Crippen LogP contribution in [0.5, 0.6) is 0 Å². The van der Waals surface area contributed by atoms with Crippen LogP contribution in [-0.4, -0.2) is 24.5 Å². The van der Waals surface area contributed by atoms with Crippen LogP contribution in [0.15, 0.2) is 23.2 Å². The minimum absolute atomic E-state index is 0. The summed E-state index contributed by atoms with van der Waals surface area (Å²) in [4.78, 5) is 16.1. The number of nitrogens with one attached hydrogen (secondary N) is 2. The highest BCUT2D eigenvalue weighted by Crippen LogP contribution is 2.22. The van der Waals surface area contributed by atoms with Crippen LogP contribution in [0.1, 0.15) is 44.1 Å². The van der Waals surface area contributed by atoms with Gasteiger partial charge in [0.05, 0.1) is 17.3 Å². The molecule has 0 bridgehead atoms. The third kappa shape index (κ3) is 7.25. The first-order valence-corrected chi connectivity index (χ1v) is 8.55. The zero-order valence-corrected chi connectivity index (χ0v) is 17.1. The summed E-state index contributed by atoms with van der Waals surface area (Å²) in [6.07, 6.45) is 6.34. The molecule has 0 atom stereocenters. The molecule has 1 aromatic rings. The number of guanidine groups is 1. The van der Waals surface area contributed by atoms with Gasteiger partial charge in [0.2, 0.25) is 5.91 Å². The fourth-order valence-electron chi connectivity index (χ4n) is 2.71. The van der Waals surface area contributed by atoms with Crippen molar-refractivity contribution in [3.05, 3.63) is 28.8 Å². The molecule has 0 radical (unpaired) electrons. The molecule has 0 saturated heterocycles. The zero-order valence-electron chi connectivity index (χ0n) is 14.0. The average molecular weight is 465 g/mol. The maximum Gasteiger partial charge on any atom is 0.226 e. The van der Waals surface area contributed by atoms with Gasteiger partial charge in [0.25, 0.3) is 0 Å². The summed E-state index contributed by atoms with van der Waals surface area (Å²) in [7, 11) is 0. The highest BCUT2D eigenvalue weighted by atomic mass is 127. The summed E-state index contributed by atoms with van der Waals surface area (Å²) < 4.78 is 0. The Labute approximate surface area is 165 Å². The highest BCUT2D eigenvalue weighted by molar-refractivity contribution is 14.0. The fraction of sp³-hybridized carbons (Fsp3) is 0.529. The zero-order chi connectivity index (χ0) is 16.7. The number of carbonyl (C=O) groups is 1. The summed E-state index contributed by atoms with van der Waals surface area (Å²) in [5, 5.41) is 6.57. The van der Waals surface area contributed by atoms with Crippen molar-refractivity contribution in [2.75, 3.05) is 11.9 Å². The maximum atomic E-state index is 11.9. The number of hydrogen-bond acceptors (Lipinski definition) is 2. The van der Waals surface area contributed by atoms with Gasteiger partial charge in [-0.3, -0.25) is 9.79 Å². The van der Waals surface area contributed by atoms with Crippen molar-refractivity contribution in [3.8, 4) is 0 Å². The lowest BCUT2D eigenvalue weighted by Crippen LogP contribution is -2.41. The Kier molecular flexibility index (Phi) is 9.43. The van der Waals surface area contributed by atoms with E-state index in [0.717, 1.165) is 18.4 Å². The van der Waals surface area contributed by atoms with Gasteiger partial charge >= 0.3 is 0 Å². The van der Waals surface area contributed by atoms with Crippen LogP contribution in [-0.2, 0) is 4.79 Å². The average Bonchev–Trinajstić information content (AvgIpc) is 2.51. The molecule has 1 aliphatic rings. The van der Waals surface area contributed by atoms with E-state index in [1.807, 2.05) is 19.1 Å². The van der Waals surface area contributed by atoms with E-state index in [2.05, 4.69) is 15.6 Å². The van der Waals surface area contributed by atoms with Crippen molar-refractivity contribution in [2.45, 2.75) is 51.5 Å². The second kappa shape index (κ2) is 10.8. The minimum atomic E-state index is -0.120. The summed E-state index contributed by atoms with van der Waals surface area (Å²) >= 11 is 6.09. The Morgan fingerprint density at radius 3 is 2.71 bits per heavy atom. The molecular formula is C17H26ClIN4O. The number of halogens is 2. The number of nitrogens with two attached hydrogens (primary N) is 1. The van der Waals surface area contributed by atoms with Gasteiger partial charge in [-0.2, -0.15) is 0 Å². The van der Waals surface area contributed by atoms with E-state index < -0.39 is 0 Å². The molecule has 1 amide bonds. The topological polar surface area (TPSA) is 79.5 Å². The number of hydrogen-bond donors (Lipinski definition) is 3. The molecule has 0 unspecified atom stereocenters. The third-order valence-electron chi connectivity index (χ3n) is 3.98. The van der Waals surface area contributed by atoms with E-state index >= 15 is 0 Å². The number of rotatable bonds is 5. The maximum absolute atomic E-state index is 11.9. The van der Waals surface area contributed by atoms with E-state index in [-0.39, 0.29) is 36.3 Å². The summed E-state index contributed by atoms with van der Waals surface area (Å²) in [6, 6.07) is 5.96. The third-order valence-corrected chi connectivity index (χ3v) is 4.29. The van der Waals surface area contributed by atoms with Gasteiger partial charge in [0, 0.05) is 12.5 Å². The number of carbonyl (C=O) groups excluding carboxylic acids is 1. The van der Waals surface area contributed by atoms with Gasteiger partial charge in [-0.05, 0) is 37.5 Å². The van der Waals surface area contributed by atoms with Gasteiger partial charge in [0.15, 0.2) is 5.96 Å². The first-order valence-electron chi connectivity index (χ1n) is 8.17. The van der Waals surface area contributed by atoms with Gasteiger partial charge in [-0.1, -0.05) is 36.9 Å². The van der Waals surface area contributed by atoms with Crippen LogP contribution >= 0.6 is 35.6 Å². The lowest BCUT2D eigenvalue weighted by atomic mass is 9.96. The number of amides is 1. The quantitative estimate of drug-likeness (QED) is 0.352. The smallest absolute Gasteiger partial charge is 0.226 e. The van der Waals surface area contributed by atoms with Crippen molar-refractivity contribution < 1.29 is 4.79 Å². The lowest BCUT2D eigenvalue weighted by Gasteiger charge is -2.23. The van der Waals surface area contributed by atoms with Gasteiger partial charge < -0.3 is 16.4 Å². The normalized spacial score (nSPS) is 15.5. The Morgan fingerprint density at radius 1 is 1.33 bits per heavy atom. The summed E-state index contributed by atoms with van der Waals surface area (Å²) in [5.74, 6) is 0.308. The number of aliphatic imine (C=N–C) groups is 1. The van der Waals surface area contributed by atoms with Crippen molar-refractivity contribution in [1.82, 2.24) is 5.32 Å². The predicted molar refractivity (Wildman–Crippen MR) is 111 cm³/mol. The standard InChI is InChI=1S/C17H25ClN4O.HI/c1-12-7-8-15(14(18)11-12)22-16(23)9-10-20-17(19)21-13-5-3-2-4-6-13;/h7-8,11,13H,2-6,9-10H2,1H3,(H,22,23)(H3,19,20,21);1H. The molecule has 24 heavy (non-hydrogen) atoms. The highest BCUT2D eigenvalue weighted by Gasteiger charge is 2.13. The SMILES string of the molecule is Cc1ccc(NC(=O)CCN=C(N)NC2CCCCC2)c(Cl)c1.I. The van der Waals surface area contributed by atoms with Crippen molar-refractivity contribution >= 4 is 53.1 Å². The Bertz CT molecular complexity index is 574. The number of benzene rings is 1. The second-order valence-electron chi connectivity index (χ2n) is 6.03. The van der Waals surface area contributed by atoms with E-state index in [4.69, 9.17) is 17.3 Å². The van der Waals surface area contributed by atoms with Crippen LogP contribution in [0.3, 0.4) is 0 Å². The number of aryl methyl sites for hydroxylation is 1. The van der Waals surface area contributed by atoms with Crippen LogP contribution in [0.4, 0.5) is 5.69 Å². The molecule has 1 fully saturated rings. The molecule has 0 aromatic heterocycles. The fourth-order valence-corrected chi connectivity index (χ4v) is 3.00. The monoisotopic (exact) mass is 464 g/mol. The van der Waals surface area contributed by atoms with E-state index in [1.165, 1.54) is 19.3 Å². The minimum Gasteiger partial charge on any atom is -0.370 e. The summed E-state index contributed by atoms with van der Waals surface area (Å²) in [6.45, 7) is 2.31. The molecule has 7 heteroatoms. The van der Waals surface area contributed by atoms with E-state index in [0.29, 0.717) is 29.3 Å².